The summed E-state index contributed by atoms with van der Waals surface area (Å²) in [5, 5.41) is 24.8. The van der Waals surface area contributed by atoms with Gasteiger partial charge in [-0.3, -0.25) is 0 Å². The largest absolute Gasteiger partial charge is 0.488 e. The van der Waals surface area contributed by atoms with Crippen LogP contribution in [-0.2, 0) is 5.41 Å². The van der Waals surface area contributed by atoms with Crippen molar-refractivity contribution in [2.45, 2.75) is 5.41 Å². The van der Waals surface area contributed by atoms with Crippen molar-refractivity contribution in [2.24, 2.45) is 0 Å². The molecule has 3 heteroatoms. The van der Waals surface area contributed by atoms with Gasteiger partial charge < -0.3 is 10.0 Å². The third kappa shape index (κ3) is 2.16. The van der Waals surface area contributed by atoms with Crippen LogP contribution in [0.1, 0.15) is 22.3 Å². The van der Waals surface area contributed by atoms with Crippen LogP contribution in [0, 0.1) is 0 Å². The fourth-order valence-corrected chi connectivity index (χ4v) is 5.33. The zero-order valence-corrected chi connectivity index (χ0v) is 16.3. The molecule has 0 aliphatic heterocycles. The molecule has 0 atom stereocenters. The van der Waals surface area contributed by atoms with E-state index < -0.39 is 12.5 Å². The van der Waals surface area contributed by atoms with Crippen LogP contribution in [0.2, 0.25) is 0 Å². The minimum absolute atomic E-state index is 0.515. The van der Waals surface area contributed by atoms with E-state index in [1.807, 2.05) is 24.3 Å². The molecule has 0 saturated carbocycles. The molecule has 0 radical (unpaired) electrons. The van der Waals surface area contributed by atoms with Gasteiger partial charge in [0.1, 0.15) is 0 Å². The predicted molar refractivity (Wildman–Crippen MR) is 123 cm³/mol. The minimum Gasteiger partial charge on any atom is -0.423 e. The summed E-state index contributed by atoms with van der Waals surface area (Å²) >= 11 is 0. The molecular weight excluding hydrogens is 367 g/mol. The van der Waals surface area contributed by atoms with E-state index in [1.54, 1.807) is 0 Å². The zero-order chi connectivity index (χ0) is 20.3. The molecule has 0 fully saturated rings. The fourth-order valence-electron chi connectivity index (χ4n) is 5.33. The lowest BCUT2D eigenvalue weighted by Gasteiger charge is -2.34. The Morgan fingerprint density at radius 1 is 0.533 bits per heavy atom. The normalized spacial score (nSPS) is 13.9. The average Bonchev–Trinajstić information content (AvgIpc) is 3.11. The Kier molecular flexibility index (Phi) is 3.67. The Balaban J connectivity index is 1.88. The van der Waals surface area contributed by atoms with Crippen molar-refractivity contribution in [1.82, 2.24) is 0 Å². The van der Waals surface area contributed by atoms with Crippen molar-refractivity contribution < 1.29 is 10.0 Å². The maximum atomic E-state index is 10.1. The van der Waals surface area contributed by atoms with Crippen LogP contribution in [0.3, 0.4) is 0 Å². The summed E-state index contributed by atoms with van der Waals surface area (Å²) in [5.41, 5.74) is 4.68. The van der Waals surface area contributed by atoms with E-state index in [0.717, 1.165) is 10.9 Å². The highest BCUT2D eigenvalue weighted by Crippen LogP contribution is 2.55. The van der Waals surface area contributed by atoms with Crippen LogP contribution in [0.25, 0.3) is 21.5 Å². The summed E-state index contributed by atoms with van der Waals surface area (Å²) in [6.07, 6.45) is 0. The maximum absolute atomic E-state index is 10.1. The highest BCUT2D eigenvalue weighted by Gasteiger charge is 2.45. The van der Waals surface area contributed by atoms with Gasteiger partial charge >= 0.3 is 7.12 Å². The van der Waals surface area contributed by atoms with Gasteiger partial charge in [0, 0.05) is 0 Å². The Bertz CT molecular complexity index is 1370. The van der Waals surface area contributed by atoms with Crippen molar-refractivity contribution in [3.05, 3.63) is 125 Å². The molecule has 0 unspecified atom stereocenters. The smallest absolute Gasteiger partial charge is 0.423 e. The molecule has 5 aromatic rings. The van der Waals surface area contributed by atoms with Crippen LogP contribution in [0.5, 0.6) is 0 Å². The van der Waals surface area contributed by atoms with Crippen molar-refractivity contribution >= 4 is 34.1 Å². The van der Waals surface area contributed by atoms with Gasteiger partial charge in [-0.25, -0.2) is 0 Å². The molecule has 2 N–H and O–H groups in total. The number of benzene rings is 5. The molecule has 6 rings (SSSR count). The van der Waals surface area contributed by atoms with Crippen molar-refractivity contribution in [3.63, 3.8) is 0 Å². The second-order valence-electron chi connectivity index (χ2n) is 7.99. The molecule has 0 amide bonds. The maximum Gasteiger partial charge on any atom is 0.488 e. The van der Waals surface area contributed by atoms with Crippen molar-refractivity contribution in [3.8, 4) is 0 Å². The average molecular weight is 386 g/mol. The van der Waals surface area contributed by atoms with Crippen LogP contribution in [0.4, 0.5) is 0 Å². The first-order chi connectivity index (χ1) is 14.7. The number of rotatable bonds is 3. The van der Waals surface area contributed by atoms with Crippen molar-refractivity contribution in [1.29, 1.82) is 0 Å². The molecule has 1 aliphatic carbocycles. The van der Waals surface area contributed by atoms with Gasteiger partial charge in [-0.05, 0) is 49.3 Å². The summed E-state index contributed by atoms with van der Waals surface area (Å²) < 4.78 is 0. The molecule has 0 saturated heterocycles. The molecule has 1 aliphatic rings. The Hall–Kier alpha value is -3.40. The van der Waals surface area contributed by atoms with E-state index in [4.69, 9.17) is 0 Å². The van der Waals surface area contributed by atoms with Crippen LogP contribution in [-0.4, -0.2) is 17.2 Å². The fraction of sp³-hybridized carbons (Fsp3) is 0.0370. The molecule has 0 bridgehead atoms. The Labute approximate surface area is 175 Å². The highest BCUT2D eigenvalue weighted by molar-refractivity contribution is 6.59. The summed E-state index contributed by atoms with van der Waals surface area (Å²) in [7, 11) is -1.52. The lowest BCUT2D eigenvalue weighted by Crippen LogP contribution is -2.34. The summed E-state index contributed by atoms with van der Waals surface area (Å²) in [6, 6.07) is 35.6. The monoisotopic (exact) mass is 386 g/mol. The van der Waals surface area contributed by atoms with E-state index in [1.165, 1.54) is 32.8 Å². The molecule has 0 aromatic heterocycles. The number of hydrogen-bond donors (Lipinski definition) is 2. The van der Waals surface area contributed by atoms with Gasteiger partial charge in [-0.15, -0.1) is 0 Å². The van der Waals surface area contributed by atoms with Gasteiger partial charge in [0.2, 0.25) is 0 Å². The molecule has 30 heavy (non-hydrogen) atoms. The second kappa shape index (κ2) is 6.30. The quantitative estimate of drug-likeness (QED) is 0.350. The first kappa shape index (κ1) is 17.5. The van der Waals surface area contributed by atoms with E-state index in [9.17, 15) is 10.0 Å². The lowest BCUT2D eigenvalue weighted by atomic mass is 9.66. The van der Waals surface area contributed by atoms with Gasteiger partial charge in [0.15, 0.2) is 0 Å². The topological polar surface area (TPSA) is 40.5 Å². The standard InChI is InChI=1S/C27H19BO2/c29-28(30)22-16-19-15-14-18-8-7-13-23-25(18)26(19)24(17-22)27(23,20-9-3-1-4-10-20)21-11-5-2-6-12-21/h1-17,29-30H. The van der Waals surface area contributed by atoms with E-state index in [-0.39, 0.29) is 0 Å². The summed E-state index contributed by atoms with van der Waals surface area (Å²) in [5.74, 6) is 0. The zero-order valence-electron chi connectivity index (χ0n) is 16.3. The summed E-state index contributed by atoms with van der Waals surface area (Å²) in [6.45, 7) is 0. The van der Waals surface area contributed by atoms with E-state index in [2.05, 4.69) is 78.9 Å². The lowest BCUT2D eigenvalue weighted by molar-refractivity contribution is 0.426. The highest BCUT2D eigenvalue weighted by atomic mass is 16.4. The van der Waals surface area contributed by atoms with Gasteiger partial charge in [-0.1, -0.05) is 103 Å². The van der Waals surface area contributed by atoms with Crippen LogP contribution < -0.4 is 5.46 Å². The molecule has 0 heterocycles. The first-order valence-corrected chi connectivity index (χ1v) is 10.2. The Morgan fingerprint density at radius 2 is 1.13 bits per heavy atom. The molecule has 5 aromatic carbocycles. The van der Waals surface area contributed by atoms with Crippen LogP contribution in [0.15, 0.2) is 103 Å². The predicted octanol–water partition coefficient (Wildman–Crippen LogP) is 4.37. The van der Waals surface area contributed by atoms with Crippen LogP contribution >= 0.6 is 0 Å². The molecule has 142 valence electrons. The minimum atomic E-state index is -1.52. The Morgan fingerprint density at radius 3 is 1.77 bits per heavy atom. The molecular formula is C27H19BO2. The van der Waals surface area contributed by atoms with Gasteiger partial charge in [-0.2, -0.15) is 0 Å². The third-order valence-electron chi connectivity index (χ3n) is 6.50. The van der Waals surface area contributed by atoms with Gasteiger partial charge in [0.05, 0.1) is 5.41 Å². The van der Waals surface area contributed by atoms with Gasteiger partial charge in [0.25, 0.3) is 0 Å². The first-order valence-electron chi connectivity index (χ1n) is 10.2. The third-order valence-corrected chi connectivity index (χ3v) is 6.50. The molecule has 2 nitrogen and oxygen atoms in total. The second-order valence-corrected chi connectivity index (χ2v) is 7.99. The SMILES string of the molecule is OB(O)c1cc2c3c(ccc4cccc(c43)C2(c2ccccc2)c2ccccc2)c1. The van der Waals surface area contributed by atoms with Crippen molar-refractivity contribution in [2.75, 3.05) is 0 Å². The number of hydrogen-bond acceptors (Lipinski definition) is 2. The molecule has 0 spiro atoms. The van der Waals surface area contributed by atoms with E-state index >= 15 is 0 Å². The van der Waals surface area contributed by atoms with E-state index in [0.29, 0.717) is 5.46 Å². The summed E-state index contributed by atoms with van der Waals surface area (Å²) in [4.78, 5) is 0.